The molecule has 1 aliphatic rings. The van der Waals surface area contributed by atoms with E-state index >= 15 is 0 Å². The summed E-state index contributed by atoms with van der Waals surface area (Å²) in [5.41, 5.74) is 1.04. The molecule has 2 nitrogen and oxygen atoms in total. The number of hydrogen-bond donors (Lipinski definition) is 1. The fourth-order valence-corrected chi connectivity index (χ4v) is 4.14. The van der Waals surface area contributed by atoms with Gasteiger partial charge >= 0.3 is 0 Å². The first-order valence-electron chi connectivity index (χ1n) is 7.40. The molecule has 0 radical (unpaired) electrons. The zero-order chi connectivity index (χ0) is 15.6. The molecule has 3 rings (SSSR count). The van der Waals surface area contributed by atoms with Crippen molar-refractivity contribution in [3.8, 4) is 0 Å². The normalized spacial score (nSPS) is 23.9. The molecular formula is C18H18ClNOS. The third kappa shape index (κ3) is 2.65. The van der Waals surface area contributed by atoms with Crippen molar-refractivity contribution in [2.75, 3.05) is 7.05 Å². The Morgan fingerprint density at radius 3 is 2.77 bits per heavy atom. The number of Topliss-reactive ketones (excluding diaryl/α,β-unsaturated/α-hetero) is 1. The predicted molar refractivity (Wildman–Crippen MR) is 93.3 cm³/mol. The van der Waals surface area contributed by atoms with E-state index in [0.717, 1.165) is 35.3 Å². The molecule has 1 aliphatic carbocycles. The van der Waals surface area contributed by atoms with Gasteiger partial charge in [0.2, 0.25) is 0 Å². The molecule has 0 unspecified atom stereocenters. The highest BCUT2D eigenvalue weighted by Gasteiger charge is 2.43. The molecule has 1 aromatic carbocycles. The smallest absolute Gasteiger partial charge is 0.183 e. The summed E-state index contributed by atoms with van der Waals surface area (Å²) in [5.74, 6) is 0.141. The van der Waals surface area contributed by atoms with Crippen molar-refractivity contribution < 1.29 is 4.79 Å². The summed E-state index contributed by atoms with van der Waals surface area (Å²) in [6, 6.07) is 11.7. The topological polar surface area (TPSA) is 29.1 Å². The number of rotatable bonds is 3. The number of thiophene rings is 1. The van der Waals surface area contributed by atoms with Crippen LogP contribution in [0.5, 0.6) is 0 Å². The van der Waals surface area contributed by atoms with Gasteiger partial charge in [-0.15, -0.1) is 11.3 Å². The number of hydrogen-bond acceptors (Lipinski definition) is 3. The third-order valence-electron chi connectivity index (χ3n) is 4.30. The molecule has 0 saturated heterocycles. The second-order valence-corrected chi connectivity index (χ2v) is 6.89. The lowest BCUT2D eigenvalue weighted by molar-refractivity contribution is -0.123. The summed E-state index contributed by atoms with van der Waals surface area (Å²) in [4.78, 5) is 14.3. The minimum Gasteiger partial charge on any atom is -0.304 e. The Kier molecular flexibility index (Phi) is 4.48. The van der Waals surface area contributed by atoms with E-state index in [4.69, 9.17) is 11.6 Å². The summed E-state index contributed by atoms with van der Waals surface area (Å²) < 4.78 is 0. The number of likely N-dealkylation sites (N-methyl/N-ethyl adjacent to an activating group) is 1. The van der Waals surface area contributed by atoms with Crippen LogP contribution < -0.4 is 5.32 Å². The van der Waals surface area contributed by atoms with E-state index in [1.807, 2.05) is 54.9 Å². The summed E-state index contributed by atoms with van der Waals surface area (Å²) in [5, 5.41) is 5.93. The van der Waals surface area contributed by atoms with Crippen LogP contribution in [-0.4, -0.2) is 12.8 Å². The van der Waals surface area contributed by atoms with Crippen molar-refractivity contribution >= 4 is 34.8 Å². The highest BCUT2D eigenvalue weighted by molar-refractivity contribution is 7.10. The quantitative estimate of drug-likeness (QED) is 0.829. The largest absolute Gasteiger partial charge is 0.304 e. The van der Waals surface area contributed by atoms with E-state index in [1.165, 1.54) is 0 Å². The van der Waals surface area contributed by atoms with Gasteiger partial charge in [0.05, 0.1) is 0 Å². The zero-order valence-corrected chi connectivity index (χ0v) is 14.0. The third-order valence-corrected chi connectivity index (χ3v) is 5.45. The van der Waals surface area contributed by atoms with Crippen molar-refractivity contribution in [2.24, 2.45) is 0 Å². The van der Waals surface area contributed by atoms with Crippen LogP contribution >= 0.6 is 22.9 Å². The van der Waals surface area contributed by atoms with E-state index in [9.17, 15) is 4.79 Å². The lowest BCUT2D eigenvalue weighted by Gasteiger charge is -2.37. The molecular weight excluding hydrogens is 314 g/mol. The highest BCUT2D eigenvalue weighted by atomic mass is 35.5. The Hall–Kier alpha value is -1.42. The molecule has 0 spiro atoms. The van der Waals surface area contributed by atoms with Crippen molar-refractivity contribution in [1.29, 1.82) is 0 Å². The predicted octanol–water partition coefficient (Wildman–Crippen LogP) is 4.65. The second-order valence-electron chi connectivity index (χ2n) is 5.50. The van der Waals surface area contributed by atoms with Crippen molar-refractivity contribution in [3.05, 3.63) is 62.8 Å². The maximum Gasteiger partial charge on any atom is 0.183 e. The molecule has 1 aromatic heterocycles. The van der Waals surface area contributed by atoms with Crippen LogP contribution in [0, 0.1) is 0 Å². The second kappa shape index (κ2) is 6.37. The van der Waals surface area contributed by atoms with Crippen LogP contribution in [0.25, 0.3) is 6.08 Å². The molecule has 4 heteroatoms. The number of ketones is 1. The monoisotopic (exact) mass is 331 g/mol. The minimum absolute atomic E-state index is 0.141. The van der Waals surface area contributed by atoms with Gasteiger partial charge in [-0.25, -0.2) is 0 Å². The van der Waals surface area contributed by atoms with Crippen LogP contribution in [-0.2, 0) is 10.3 Å². The fraction of sp³-hybridized carbons (Fsp3) is 0.278. The molecule has 1 N–H and O–H groups in total. The number of carbonyl (C=O) groups is 1. The lowest BCUT2D eigenvalue weighted by Crippen LogP contribution is -2.50. The summed E-state index contributed by atoms with van der Waals surface area (Å²) >= 11 is 8.02. The summed E-state index contributed by atoms with van der Waals surface area (Å²) in [7, 11) is 1.84. The molecule has 1 atom stereocenters. The first-order chi connectivity index (χ1) is 10.7. The van der Waals surface area contributed by atoms with Crippen LogP contribution in [0.3, 0.4) is 0 Å². The van der Waals surface area contributed by atoms with E-state index in [-0.39, 0.29) is 5.78 Å². The van der Waals surface area contributed by atoms with E-state index in [2.05, 4.69) is 5.32 Å². The first-order valence-corrected chi connectivity index (χ1v) is 8.66. The van der Waals surface area contributed by atoms with Crippen LogP contribution in [0.4, 0.5) is 0 Å². The molecule has 0 bridgehead atoms. The van der Waals surface area contributed by atoms with Gasteiger partial charge in [0.15, 0.2) is 5.78 Å². The molecule has 114 valence electrons. The average Bonchev–Trinajstić information content (AvgIpc) is 3.04. The van der Waals surface area contributed by atoms with Gasteiger partial charge in [0.25, 0.3) is 0 Å². The average molecular weight is 332 g/mol. The summed E-state index contributed by atoms with van der Waals surface area (Å²) in [6.45, 7) is 0. The Labute approximate surface area is 139 Å². The molecule has 1 heterocycles. The van der Waals surface area contributed by atoms with Crippen molar-refractivity contribution in [2.45, 2.75) is 24.8 Å². The number of nitrogens with one attached hydrogen (secondary N) is 1. The lowest BCUT2D eigenvalue weighted by atomic mass is 9.73. The Morgan fingerprint density at radius 1 is 1.27 bits per heavy atom. The number of halogens is 1. The van der Waals surface area contributed by atoms with Crippen LogP contribution in [0.2, 0.25) is 5.02 Å². The van der Waals surface area contributed by atoms with Crippen LogP contribution in [0.1, 0.15) is 29.7 Å². The molecule has 0 amide bonds. The van der Waals surface area contributed by atoms with Gasteiger partial charge in [-0.1, -0.05) is 35.9 Å². The molecule has 0 aliphatic heterocycles. The van der Waals surface area contributed by atoms with Crippen molar-refractivity contribution in [1.82, 2.24) is 5.32 Å². The zero-order valence-electron chi connectivity index (χ0n) is 12.4. The number of benzene rings is 1. The van der Waals surface area contributed by atoms with E-state index < -0.39 is 5.54 Å². The Bertz CT molecular complexity index is 708. The maximum atomic E-state index is 13.2. The first kappa shape index (κ1) is 15.5. The van der Waals surface area contributed by atoms with E-state index in [0.29, 0.717) is 5.02 Å². The molecule has 1 saturated carbocycles. The van der Waals surface area contributed by atoms with Gasteiger partial charge in [-0.05, 0) is 61.0 Å². The van der Waals surface area contributed by atoms with Gasteiger partial charge in [-0.3, -0.25) is 4.79 Å². The highest BCUT2D eigenvalue weighted by Crippen LogP contribution is 2.40. The Balaban J connectivity index is 2.05. The maximum absolute atomic E-state index is 13.2. The van der Waals surface area contributed by atoms with E-state index in [1.54, 1.807) is 11.3 Å². The van der Waals surface area contributed by atoms with Gasteiger partial charge in [0.1, 0.15) is 5.54 Å². The number of carbonyl (C=O) groups excluding carboxylic acids is 1. The van der Waals surface area contributed by atoms with Crippen molar-refractivity contribution in [3.63, 3.8) is 0 Å². The Morgan fingerprint density at radius 2 is 2.09 bits per heavy atom. The summed E-state index contributed by atoms with van der Waals surface area (Å²) in [6.07, 6.45) is 4.59. The molecule has 1 fully saturated rings. The fourth-order valence-electron chi connectivity index (χ4n) is 3.17. The standard InChI is InChI=1S/C18H18ClNOS/c1-20-18(15-8-2-3-9-16(15)19)10-4-6-13(17(18)21)12-14-7-5-11-22-14/h2-3,5,7-9,11-12,20H,4,6,10H2,1H3/t18-/m0/s1. The van der Waals surface area contributed by atoms with Crippen LogP contribution in [0.15, 0.2) is 47.4 Å². The van der Waals surface area contributed by atoms with Gasteiger partial charge < -0.3 is 5.32 Å². The van der Waals surface area contributed by atoms with Gasteiger partial charge in [0, 0.05) is 9.90 Å². The SMILES string of the molecule is CN[C@]1(c2ccccc2Cl)CCCC(=Cc2cccs2)C1=O. The van der Waals surface area contributed by atoms with Gasteiger partial charge in [-0.2, -0.15) is 0 Å². The molecule has 2 aromatic rings. The molecule has 22 heavy (non-hydrogen) atoms. The minimum atomic E-state index is -0.709.